The topological polar surface area (TPSA) is 26.3 Å². The van der Waals surface area contributed by atoms with Crippen LogP contribution in [-0.2, 0) is 11.2 Å². The maximum absolute atomic E-state index is 12.7. The van der Waals surface area contributed by atoms with Crippen LogP contribution in [0.5, 0.6) is 5.75 Å². The van der Waals surface area contributed by atoms with Crippen molar-refractivity contribution in [3.63, 3.8) is 0 Å². The maximum atomic E-state index is 12.7. The second-order valence-electron chi connectivity index (χ2n) is 10.8. The molecule has 0 N–H and O–H groups in total. The molecule has 2 saturated carbocycles. The zero-order chi connectivity index (χ0) is 23.3. The molecule has 2 aliphatic carbocycles. The van der Waals surface area contributed by atoms with Crippen LogP contribution in [0.2, 0.25) is 0 Å². The van der Waals surface area contributed by atoms with E-state index in [0.717, 1.165) is 43.9 Å². The molecular weight excluding hydrogens is 404 g/mol. The molecule has 1 aromatic rings. The van der Waals surface area contributed by atoms with Crippen molar-refractivity contribution in [2.45, 2.75) is 117 Å². The predicted octanol–water partition coefficient (Wildman–Crippen LogP) is 9.07. The van der Waals surface area contributed by atoms with Crippen molar-refractivity contribution < 1.29 is 9.53 Å². The van der Waals surface area contributed by atoms with Gasteiger partial charge < -0.3 is 4.74 Å². The Labute approximate surface area is 203 Å². The van der Waals surface area contributed by atoms with Crippen LogP contribution < -0.4 is 4.74 Å². The SMILES string of the molecule is CCCCCc1ccc(OC(=O)[C@H]2CC[C@H](C=C[C@H]3CC[C@H](CCCCC)CC3)CC2)cc1. The molecular formula is C31H48O2. The standard InChI is InChI=1S/C31H48O2/c1-3-5-7-9-25-11-13-27(14-12-25)15-16-28-17-21-29(22-18-28)31(32)33-30-23-19-26(20-24-30)10-8-6-4-2/h15-16,19-20,23-25,27-29H,3-14,17-18,21-22H2,1-2H3/t25-,27-,28-,29-. The lowest BCUT2D eigenvalue weighted by Gasteiger charge is -2.28. The summed E-state index contributed by atoms with van der Waals surface area (Å²) in [7, 11) is 0. The van der Waals surface area contributed by atoms with E-state index in [-0.39, 0.29) is 11.9 Å². The molecule has 2 heteroatoms. The Bertz CT molecular complexity index is 688. The minimum Gasteiger partial charge on any atom is -0.426 e. The van der Waals surface area contributed by atoms with Crippen LogP contribution in [0.3, 0.4) is 0 Å². The number of ether oxygens (including phenoxy) is 1. The Morgan fingerprint density at radius 2 is 1.36 bits per heavy atom. The molecule has 0 aromatic heterocycles. The lowest BCUT2D eigenvalue weighted by molar-refractivity contribution is -0.140. The largest absolute Gasteiger partial charge is 0.426 e. The molecule has 0 saturated heterocycles. The smallest absolute Gasteiger partial charge is 0.314 e. The number of esters is 1. The van der Waals surface area contributed by atoms with Crippen molar-refractivity contribution in [1.82, 2.24) is 0 Å². The van der Waals surface area contributed by atoms with E-state index < -0.39 is 0 Å². The highest BCUT2D eigenvalue weighted by Gasteiger charge is 2.27. The lowest BCUT2D eigenvalue weighted by atomic mass is 9.78. The second kappa shape index (κ2) is 14.6. The minimum atomic E-state index is -0.0300. The van der Waals surface area contributed by atoms with E-state index in [9.17, 15) is 4.79 Å². The van der Waals surface area contributed by atoms with Crippen molar-refractivity contribution in [2.75, 3.05) is 0 Å². The van der Waals surface area contributed by atoms with E-state index in [2.05, 4.69) is 38.1 Å². The molecule has 2 aliphatic rings. The average molecular weight is 453 g/mol. The van der Waals surface area contributed by atoms with Gasteiger partial charge in [-0.25, -0.2) is 0 Å². The van der Waals surface area contributed by atoms with Crippen molar-refractivity contribution in [3.05, 3.63) is 42.0 Å². The summed E-state index contributed by atoms with van der Waals surface area (Å²) in [6, 6.07) is 8.15. The highest BCUT2D eigenvalue weighted by Crippen LogP contribution is 2.35. The number of benzene rings is 1. The summed E-state index contributed by atoms with van der Waals surface area (Å²) in [6.07, 6.45) is 25.3. The number of allylic oxidation sites excluding steroid dienone is 2. The van der Waals surface area contributed by atoms with Gasteiger partial charge in [-0.3, -0.25) is 4.79 Å². The fourth-order valence-electron chi connectivity index (χ4n) is 5.72. The van der Waals surface area contributed by atoms with Gasteiger partial charge in [-0.1, -0.05) is 76.7 Å². The monoisotopic (exact) mass is 452 g/mol. The van der Waals surface area contributed by atoms with Crippen molar-refractivity contribution in [1.29, 1.82) is 0 Å². The summed E-state index contributed by atoms with van der Waals surface area (Å²) in [4.78, 5) is 12.7. The molecule has 0 heterocycles. The number of rotatable bonds is 12. The van der Waals surface area contributed by atoms with Crippen LogP contribution in [0.25, 0.3) is 0 Å². The first-order valence-electron chi connectivity index (χ1n) is 14.2. The van der Waals surface area contributed by atoms with Crippen LogP contribution in [0, 0.1) is 23.7 Å². The Morgan fingerprint density at radius 3 is 1.97 bits per heavy atom. The van der Waals surface area contributed by atoms with Crippen molar-refractivity contribution >= 4 is 5.97 Å². The minimum absolute atomic E-state index is 0.0300. The summed E-state index contributed by atoms with van der Waals surface area (Å²) < 4.78 is 5.71. The number of hydrogen-bond donors (Lipinski definition) is 0. The summed E-state index contributed by atoms with van der Waals surface area (Å²) in [6.45, 7) is 4.53. The van der Waals surface area contributed by atoms with E-state index in [4.69, 9.17) is 4.74 Å². The second-order valence-corrected chi connectivity index (χ2v) is 10.8. The van der Waals surface area contributed by atoms with E-state index in [1.165, 1.54) is 76.2 Å². The first kappa shape index (κ1) is 26.0. The van der Waals surface area contributed by atoms with Gasteiger partial charge in [0, 0.05) is 0 Å². The molecule has 0 amide bonds. The average Bonchev–Trinajstić information content (AvgIpc) is 2.85. The third-order valence-corrected chi connectivity index (χ3v) is 8.08. The number of aryl methyl sites for hydroxylation is 1. The number of carbonyl (C=O) groups excluding carboxylic acids is 1. The van der Waals surface area contributed by atoms with E-state index in [0.29, 0.717) is 11.7 Å². The van der Waals surface area contributed by atoms with Crippen molar-refractivity contribution in [3.8, 4) is 5.75 Å². The van der Waals surface area contributed by atoms with Crippen LogP contribution >= 0.6 is 0 Å². The normalized spacial score (nSPS) is 25.9. The molecule has 184 valence electrons. The Morgan fingerprint density at radius 1 is 0.788 bits per heavy atom. The molecule has 0 bridgehead atoms. The third kappa shape index (κ3) is 9.30. The summed E-state index contributed by atoms with van der Waals surface area (Å²) in [5, 5.41) is 0. The van der Waals surface area contributed by atoms with Gasteiger partial charge in [0.15, 0.2) is 0 Å². The molecule has 33 heavy (non-hydrogen) atoms. The predicted molar refractivity (Wildman–Crippen MR) is 139 cm³/mol. The van der Waals surface area contributed by atoms with Gasteiger partial charge in [-0.2, -0.15) is 0 Å². The summed E-state index contributed by atoms with van der Waals surface area (Å²) >= 11 is 0. The van der Waals surface area contributed by atoms with E-state index in [1.807, 2.05) is 12.1 Å². The Balaban J connectivity index is 1.33. The molecule has 2 fully saturated rings. The fourth-order valence-corrected chi connectivity index (χ4v) is 5.72. The zero-order valence-corrected chi connectivity index (χ0v) is 21.4. The highest BCUT2D eigenvalue weighted by molar-refractivity contribution is 5.75. The van der Waals surface area contributed by atoms with Crippen LogP contribution in [0.4, 0.5) is 0 Å². The lowest BCUT2D eigenvalue weighted by Crippen LogP contribution is -2.25. The third-order valence-electron chi connectivity index (χ3n) is 8.08. The van der Waals surface area contributed by atoms with Gasteiger partial charge in [-0.05, 0) is 99.7 Å². The molecule has 0 aliphatic heterocycles. The molecule has 3 rings (SSSR count). The van der Waals surface area contributed by atoms with Crippen molar-refractivity contribution in [2.24, 2.45) is 23.7 Å². The van der Waals surface area contributed by atoms with Crippen LogP contribution in [0.1, 0.15) is 116 Å². The van der Waals surface area contributed by atoms with Gasteiger partial charge in [0.25, 0.3) is 0 Å². The van der Waals surface area contributed by atoms with Gasteiger partial charge in [0.1, 0.15) is 5.75 Å². The summed E-state index contributed by atoms with van der Waals surface area (Å²) in [5.41, 5.74) is 1.33. The van der Waals surface area contributed by atoms with Gasteiger partial charge in [0.05, 0.1) is 5.92 Å². The van der Waals surface area contributed by atoms with Crippen LogP contribution in [-0.4, -0.2) is 5.97 Å². The Kier molecular flexibility index (Phi) is 11.6. The molecule has 1 aromatic carbocycles. The first-order valence-corrected chi connectivity index (χ1v) is 14.2. The quantitative estimate of drug-likeness (QED) is 0.137. The maximum Gasteiger partial charge on any atom is 0.314 e. The first-order chi connectivity index (χ1) is 16.2. The van der Waals surface area contributed by atoms with E-state index >= 15 is 0 Å². The molecule has 0 radical (unpaired) electrons. The zero-order valence-electron chi connectivity index (χ0n) is 21.4. The fraction of sp³-hybridized carbons (Fsp3) is 0.710. The highest BCUT2D eigenvalue weighted by atomic mass is 16.5. The molecule has 0 spiro atoms. The number of carbonyl (C=O) groups is 1. The van der Waals surface area contributed by atoms with Crippen LogP contribution in [0.15, 0.2) is 36.4 Å². The van der Waals surface area contributed by atoms with Gasteiger partial charge >= 0.3 is 5.97 Å². The number of unbranched alkanes of at least 4 members (excludes halogenated alkanes) is 4. The summed E-state index contributed by atoms with van der Waals surface area (Å²) in [5.74, 6) is 3.17. The van der Waals surface area contributed by atoms with E-state index in [1.54, 1.807) is 0 Å². The van der Waals surface area contributed by atoms with Gasteiger partial charge in [0.2, 0.25) is 0 Å². The van der Waals surface area contributed by atoms with Gasteiger partial charge in [-0.15, -0.1) is 0 Å². The molecule has 0 atom stereocenters. The number of hydrogen-bond acceptors (Lipinski definition) is 2. The molecule has 0 unspecified atom stereocenters. The molecule has 2 nitrogen and oxygen atoms in total. The Hall–Kier alpha value is -1.57.